The van der Waals surface area contributed by atoms with Crippen molar-refractivity contribution in [3.05, 3.63) is 58.7 Å². The zero-order valence-corrected chi connectivity index (χ0v) is 18.8. The highest BCUT2D eigenvalue weighted by molar-refractivity contribution is 5.98. The van der Waals surface area contributed by atoms with Crippen LogP contribution in [-0.4, -0.2) is 32.3 Å². The predicted molar refractivity (Wildman–Crippen MR) is 119 cm³/mol. The number of nitriles is 1. The molecule has 0 saturated carbocycles. The first kappa shape index (κ1) is 24.5. The Morgan fingerprint density at radius 1 is 1.06 bits per heavy atom. The van der Waals surface area contributed by atoms with Crippen molar-refractivity contribution in [2.24, 2.45) is 0 Å². The molecule has 2 aromatic rings. The molecule has 0 aliphatic carbocycles. The minimum Gasteiger partial charge on any atom is -0.493 e. The Morgan fingerprint density at radius 2 is 1.81 bits per heavy atom. The second-order valence-corrected chi connectivity index (χ2v) is 7.00. The highest BCUT2D eigenvalue weighted by Gasteiger charge is 2.13. The molecule has 0 spiro atoms. The van der Waals surface area contributed by atoms with Crippen molar-refractivity contribution < 1.29 is 28.5 Å². The largest absolute Gasteiger partial charge is 0.493 e. The van der Waals surface area contributed by atoms with E-state index in [4.69, 9.17) is 24.2 Å². The Kier molecular flexibility index (Phi) is 9.30. The van der Waals surface area contributed by atoms with Gasteiger partial charge < -0.3 is 18.9 Å². The van der Waals surface area contributed by atoms with E-state index in [0.29, 0.717) is 24.3 Å². The number of methoxy groups -OCH3 is 1. The normalized spacial score (nSPS) is 10.8. The van der Waals surface area contributed by atoms with Gasteiger partial charge in [-0.1, -0.05) is 23.8 Å². The molecule has 0 aliphatic heterocycles. The van der Waals surface area contributed by atoms with Crippen LogP contribution >= 0.6 is 0 Å². The maximum absolute atomic E-state index is 12.2. The van der Waals surface area contributed by atoms with Gasteiger partial charge in [0, 0.05) is 6.42 Å². The summed E-state index contributed by atoms with van der Waals surface area (Å²) in [7, 11) is 1.44. The second-order valence-electron chi connectivity index (χ2n) is 7.00. The van der Waals surface area contributed by atoms with Crippen LogP contribution in [0.3, 0.4) is 0 Å². The van der Waals surface area contributed by atoms with Gasteiger partial charge in [0.05, 0.1) is 20.3 Å². The van der Waals surface area contributed by atoms with Gasteiger partial charge in [0.1, 0.15) is 17.4 Å². The summed E-state index contributed by atoms with van der Waals surface area (Å²) in [5, 5.41) is 9.16. The lowest BCUT2D eigenvalue weighted by atomic mass is 10.1. The van der Waals surface area contributed by atoms with Gasteiger partial charge in [0.15, 0.2) is 11.5 Å². The fourth-order valence-electron chi connectivity index (χ4n) is 2.90. The van der Waals surface area contributed by atoms with Crippen LogP contribution in [0.5, 0.6) is 17.2 Å². The van der Waals surface area contributed by atoms with Crippen molar-refractivity contribution >= 4 is 18.0 Å². The van der Waals surface area contributed by atoms with E-state index in [9.17, 15) is 9.59 Å². The van der Waals surface area contributed by atoms with Crippen LogP contribution in [0.4, 0.5) is 0 Å². The van der Waals surface area contributed by atoms with E-state index < -0.39 is 11.9 Å². The van der Waals surface area contributed by atoms with Crippen LogP contribution in [-0.2, 0) is 14.3 Å². The molecule has 7 nitrogen and oxygen atoms in total. The van der Waals surface area contributed by atoms with Crippen molar-refractivity contribution in [2.45, 2.75) is 33.6 Å². The molecule has 0 heterocycles. The van der Waals surface area contributed by atoms with E-state index in [2.05, 4.69) is 0 Å². The lowest BCUT2D eigenvalue weighted by Crippen LogP contribution is -2.11. The monoisotopic (exact) mass is 437 g/mol. The van der Waals surface area contributed by atoms with Crippen LogP contribution in [0.1, 0.15) is 36.5 Å². The topological polar surface area (TPSA) is 94.9 Å². The lowest BCUT2D eigenvalue weighted by Gasteiger charge is -2.11. The fraction of sp³-hybridized carbons (Fsp3) is 0.320. The molecular formula is C25H27NO6. The van der Waals surface area contributed by atoms with E-state index in [1.165, 1.54) is 18.7 Å². The minimum absolute atomic E-state index is 0.137. The molecule has 0 saturated heterocycles. The van der Waals surface area contributed by atoms with E-state index in [1.807, 2.05) is 38.1 Å². The maximum atomic E-state index is 12.2. The first-order valence-corrected chi connectivity index (χ1v) is 10.3. The van der Waals surface area contributed by atoms with Crippen LogP contribution in [0.15, 0.2) is 42.0 Å². The SMILES string of the molecule is CCOC(=O)/C(C#N)=C/c1ccc(OC(=O)CCCOc2ccc(C)cc2C)c(OC)c1. The van der Waals surface area contributed by atoms with E-state index >= 15 is 0 Å². The first-order chi connectivity index (χ1) is 15.4. The van der Waals surface area contributed by atoms with Gasteiger partial charge in [-0.3, -0.25) is 4.79 Å². The number of benzene rings is 2. The predicted octanol–water partition coefficient (Wildman–Crippen LogP) is 4.55. The van der Waals surface area contributed by atoms with Gasteiger partial charge in [0.25, 0.3) is 0 Å². The Balaban J connectivity index is 1.94. The summed E-state index contributed by atoms with van der Waals surface area (Å²) in [4.78, 5) is 24.0. The molecule has 0 unspecified atom stereocenters. The summed E-state index contributed by atoms with van der Waals surface area (Å²) in [6.07, 6.45) is 2.06. The molecule has 7 heteroatoms. The van der Waals surface area contributed by atoms with Gasteiger partial charge >= 0.3 is 11.9 Å². The van der Waals surface area contributed by atoms with Crippen molar-refractivity contribution in [2.75, 3.05) is 20.3 Å². The number of carbonyl (C=O) groups is 2. The van der Waals surface area contributed by atoms with Crippen LogP contribution in [0.2, 0.25) is 0 Å². The zero-order valence-electron chi connectivity index (χ0n) is 18.8. The summed E-state index contributed by atoms with van der Waals surface area (Å²) in [6.45, 7) is 6.23. The average molecular weight is 437 g/mol. The van der Waals surface area contributed by atoms with E-state index in [0.717, 1.165) is 11.3 Å². The molecule has 0 aromatic heterocycles. The molecule has 0 aliphatic rings. The molecule has 2 rings (SSSR count). The number of aryl methyl sites for hydroxylation is 2. The van der Waals surface area contributed by atoms with Crippen molar-refractivity contribution in [3.63, 3.8) is 0 Å². The summed E-state index contributed by atoms with van der Waals surface area (Å²) in [5.41, 5.74) is 2.61. The smallest absolute Gasteiger partial charge is 0.348 e. The molecule has 0 atom stereocenters. The molecule has 0 radical (unpaired) electrons. The third-order valence-corrected chi connectivity index (χ3v) is 4.45. The Bertz CT molecular complexity index is 1040. The number of hydrogen-bond acceptors (Lipinski definition) is 7. The zero-order chi connectivity index (χ0) is 23.5. The second kappa shape index (κ2) is 12.2. The Morgan fingerprint density at radius 3 is 2.47 bits per heavy atom. The lowest BCUT2D eigenvalue weighted by molar-refractivity contribution is -0.138. The number of ether oxygens (including phenoxy) is 4. The standard InChI is InChI=1S/C25H27NO6/c1-5-30-25(28)20(16-26)14-19-9-11-22(23(15-19)29-4)32-24(27)7-6-12-31-21-10-8-17(2)13-18(21)3/h8-11,13-15H,5-7,12H2,1-4H3/b20-14+. The number of rotatable bonds is 10. The summed E-state index contributed by atoms with van der Waals surface area (Å²) in [6, 6.07) is 12.5. The van der Waals surface area contributed by atoms with Gasteiger partial charge in [0.2, 0.25) is 0 Å². The molecular weight excluding hydrogens is 410 g/mol. The highest BCUT2D eigenvalue weighted by atomic mass is 16.6. The average Bonchev–Trinajstić information content (AvgIpc) is 2.77. The molecule has 32 heavy (non-hydrogen) atoms. The number of carbonyl (C=O) groups excluding carboxylic acids is 2. The fourth-order valence-corrected chi connectivity index (χ4v) is 2.90. The van der Waals surface area contributed by atoms with Gasteiger partial charge in [-0.15, -0.1) is 0 Å². The van der Waals surface area contributed by atoms with Gasteiger partial charge in [-0.05, 0) is 62.6 Å². The molecule has 0 fully saturated rings. The first-order valence-electron chi connectivity index (χ1n) is 10.3. The molecule has 0 amide bonds. The summed E-state index contributed by atoms with van der Waals surface area (Å²) < 4.78 is 21.3. The molecule has 0 N–H and O–H groups in total. The molecule has 0 bridgehead atoms. The van der Waals surface area contributed by atoms with Crippen LogP contribution in [0, 0.1) is 25.2 Å². The summed E-state index contributed by atoms with van der Waals surface area (Å²) >= 11 is 0. The van der Waals surface area contributed by atoms with Crippen LogP contribution < -0.4 is 14.2 Å². The van der Waals surface area contributed by atoms with E-state index in [-0.39, 0.29) is 24.4 Å². The van der Waals surface area contributed by atoms with Gasteiger partial charge in [-0.2, -0.15) is 5.26 Å². The summed E-state index contributed by atoms with van der Waals surface area (Å²) in [5.74, 6) is 0.237. The van der Waals surface area contributed by atoms with Gasteiger partial charge in [-0.25, -0.2) is 4.79 Å². The number of esters is 2. The van der Waals surface area contributed by atoms with E-state index in [1.54, 1.807) is 25.1 Å². The maximum Gasteiger partial charge on any atom is 0.348 e. The number of nitrogens with zero attached hydrogens (tertiary/aromatic N) is 1. The third-order valence-electron chi connectivity index (χ3n) is 4.45. The van der Waals surface area contributed by atoms with Crippen molar-refractivity contribution in [3.8, 4) is 23.3 Å². The Labute approximate surface area is 188 Å². The quantitative estimate of drug-likeness (QED) is 0.177. The molecule has 2 aromatic carbocycles. The Hall–Kier alpha value is -3.79. The molecule has 168 valence electrons. The minimum atomic E-state index is -0.701. The third kappa shape index (κ3) is 7.17. The van der Waals surface area contributed by atoms with Crippen LogP contribution in [0.25, 0.3) is 6.08 Å². The van der Waals surface area contributed by atoms with Crippen molar-refractivity contribution in [1.82, 2.24) is 0 Å². The highest BCUT2D eigenvalue weighted by Crippen LogP contribution is 2.29. The number of hydrogen-bond donors (Lipinski definition) is 0. The van der Waals surface area contributed by atoms with Crippen molar-refractivity contribution in [1.29, 1.82) is 5.26 Å².